The van der Waals surface area contributed by atoms with Crippen molar-refractivity contribution in [3.8, 4) is 0 Å². The molecular formula is C14H16FN3O2S. The van der Waals surface area contributed by atoms with Crippen molar-refractivity contribution in [1.29, 1.82) is 0 Å². The van der Waals surface area contributed by atoms with Crippen LogP contribution in [0.15, 0.2) is 30.3 Å². The van der Waals surface area contributed by atoms with Crippen molar-refractivity contribution in [1.82, 2.24) is 15.8 Å². The van der Waals surface area contributed by atoms with Gasteiger partial charge >= 0.3 is 0 Å². The molecule has 1 aromatic rings. The SMILES string of the molecule is O=C(C=Cc1ccc(F)cc1)NC(=S)NN1CCOCC1. The van der Waals surface area contributed by atoms with Gasteiger partial charge in [-0.3, -0.25) is 15.5 Å². The summed E-state index contributed by atoms with van der Waals surface area (Å²) >= 11 is 5.05. The van der Waals surface area contributed by atoms with Gasteiger partial charge in [0, 0.05) is 19.2 Å². The molecule has 1 saturated heterocycles. The molecule has 0 spiro atoms. The second-order valence-electron chi connectivity index (χ2n) is 4.41. The lowest BCUT2D eigenvalue weighted by Gasteiger charge is -2.27. The van der Waals surface area contributed by atoms with Gasteiger partial charge in [-0.2, -0.15) is 0 Å². The minimum atomic E-state index is -0.343. The van der Waals surface area contributed by atoms with Crippen LogP contribution >= 0.6 is 12.2 Å². The summed E-state index contributed by atoms with van der Waals surface area (Å²) in [6, 6.07) is 5.84. The molecule has 1 aliphatic rings. The molecule has 2 N–H and O–H groups in total. The number of thiocarbonyl (C=S) groups is 1. The maximum atomic E-state index is 12.7. The first kappa shape index (κ1) is 15.6. The van der Waals surface area contributed by atoms with Crippen LogP contribution in [0.3, 0.4) is 0 Å². The van der Waals surface area contributed by atoms with Crippen LogP contribution < -0.4 is 10.7 Å². The average Bonchev–Trinajstić information content (AvgIpc) is 2.47. The summed E-state index contributed by atoms with van der Waals surface area (Å²) in [5.74, 6) is -0.655. The monoisotopic (exact) mass is 309 g/mol. The minimum Gasteiger partial charge on any atom is -0.379 e. The number of hydrazine groups is 1. The highest BCUT2D eigenvalue weighted by Gasteiger charge is 2.11. The van der Waals surface area contributed by atoms with E-state index in [-0.39, 0.29) is 16.8 Å². The quantitative estimate of drug-likeness (QED) is 0.646. The Bertz CT molecular complexity index is 528. The molecule has 1 aromatic carbocycles. The van der Waals surface area contributed by atoms with Crippen LogP contribution in [0, 0.1) is 5.82 Å². The number of benzene rings is 1. The molecule has 0 saturated carbocycles. The van der Waals surface area contributed by atoms with Crippen LogP contribution in [0.1, 0.15) is 5.56 Å². The summed E-state index contributed by atoms with van der Waals surface area (Å²) in [5, 5.41) is 4.67. The Morgan fingerprint density at radius 1 is 1.29 bits per heavy atom. The van der Waals surface area contributed by atoms with Crippen molar-refractivity contribution >= 4 is 29.3 Å². The van der Waals surface area contributed by atoms with Crippen molar-refractivity contribution < 1.29 is 13.9 Å². The topological polar surface area (TPSA) is 53.6 Å². The molecule has 0 bridgehead atoms. The summed E-state index contributed by atoms with van der Waals surface area (Å²) in [6.45, 7) is 2.69. The number of nitrogens with one attached hydrogen (secondary N) is 2. The van der Waals surface area contributed by atoms with Crippen LogP contribution in [0.4, 0.5) is 4.39 Å². The third-order valence-electron chi connectivity index (χ3n) is 2.80. The first-order chi connectivity index (χ1) is 10.1. The first-order valence-corrected chi connectivity index (χ1v) is 6.92. The lowest BCUT2D eigenvalue weighted by Crippen LogP contribution is -2.52. The van der Waals surface area contributed by atoms with Crippen LogP contribution in [-0.2, 0) is 9.53 Å². The lowest BCUT2D eigenvalue weighted by atomic mass is 10.2. The van der Waals surface area contributed by atoms with E-state index in [0.29, 0.717) is 26.3 Å². The fourth-order valence-electron chi connectivity index (χ4n) is 1.75. The normalized spacial score (nSPS) is 15.9. The molecule has 2 rings (SSSR count). The molecule has 0 radical (unpaired) electrons. The number of halogens is 1. The van der Waals surface area contributed by atoms with Crippen LogP contribution in [-0.4, -0.2) is 42.3 Å². The van der Waals surface area contributed by atoms with Crippen molar-refractivity contribution in [2.45, 2.75) is 0 Å². The summed E-state index contributed by atoms with van der Waals surface area (Å²) < 4.78 is 17.9. The van der Waals surface area contributed by atoms with Crippen LogP contribution in [0.25, 0.3) is 6.08 Å². The molecule has 112 valence electrons. The zero-order valence-electron chi connectivity index (χ0n) is 11.3. The second kappa shape index (κ2) is 7.82. The van der Waals surface area contributed by atoms with Gasteiger partial charge in [-0.1, -0.05) is 12.1 Å². The molecule has 0 unspecified atom stereocenters. The third-order valence-corrected chi connectivity index (χ3v) is 3.00. The standard InChI is InChI=1S/C14H16FN3O2S/c15-12-4-1-11(2-5-12)3-6-13(19)16-14(21)17-18-7-9-20-10-8-18/h1-6H,7-10H2,(H2,16,17,19,21). The molecule has 0 atom stereocenters. The minimum absolute atomic E-state index is 0.241. The predicted octanol–water partition coefficient (Wildman–Crippen LogP) is 1.08. The van der Waals surface area contributed by atoms with Crippen molar-refractivity contribution in [2.75, 3.05) is 26.3 Å². The van der Waals surface area contributed by atoms with Gasteiger partial charge in [0.1, 0.15) is 5.82 Å². The zero-order valence-corrected chi connectivity index (χ0v) is 12.2. The lowest BCUT2D eigenvalue weighted by molar-refractivity contribution is -0.115. The Hall–Kier alpha value is -1.83. The first-order valence-electron chi connectivity index (χ1n) is 6.51. The predicted molar refractivity (Wildman–Crippen MR) is 81.7 cm³/mol. The molecule has 5 nitrogen and oxygen atoms in total. The van der Waals surface area contributed by atoms with E-state index in [4.69, 9.17) is 17.0 Å². The number of rotatable bonds is 3. The highest BCUT2D eigenvalue weighted by Crippen LogP contribution is 2.04. The summed E-state index contributed by atoms with van der Waals surface area (Å²) in [5.41, 5.74) is 3.66. The summed E-state index contributed by atoms with van der Waals surface area (Å²) in [6.07, 6.45) is 2.94. The molecule has 7 heteroatoms. The maximum absolute atomic E-state index is 12.7. The number of nitrogens with zero attached hydrogens (tertiary/aromatic N) is 1. The smallest absolute Gasteiger partial charge is 0.250 e. The summed E-state index contributed by atoms with van der Waals surface area (Å²) in [4.78, 5) is 11.7. The van der Waals surface area contributed by atoms with E-state index in [1.807, 2.05) is 5.01 Å². The molecule has 0 aromatic heterocycles. The Morgan fingerprint density at radius 2 is 1.95 bits per heavy atom. The van der Waals surface area contributed by atoms with E-state index in [1.165, 1.54) is 18.2 Å². The van der Waals surface area contributed by atoms with Crippen molar-refractivity contribution in [3.05, 3.63) is 41.7 Å². The van der Waals surface area contributed by atoms with E-state index in [9.17, 15) is 9.18 Å². The molecule has 1 amide bonds. The van der Waals surface area contributed by atoms with Crippen molar-refractivity contribution in [2.24, 2.45) is 0 Å². The van der Waals surface area contributed by atoms with Gasteiger partial charge in [-0.25, -0.2) is 9.40 Å². The van der Waals surface area contributed by atoms with Crippen LogP contribution in [0.5, 0.6) is 0 Å². The van der Waals surface area contributed by atoms with Gasteiger partial charge in [-0.05, 0) is 36.0 Å². The molecular weight excluding hydrogens is 293 g/mol. The van der Waals surface area contributed by atoms with Gasteiger partial charge in [0.2, 0.25) is 5.91 Å². The number of hydrogen-bond donors (Lipinski definition) is 2. The van der Waals surface area contributed by atoms with Crippen molar-refractivity contribution in [3.63, 3.8) is 0 Å². The van der Waals surface area contributed by atoms with Gasteiger partial charge in [0.25, 0.3) is 0 Å². The highest BCUT2D eigenvalue weighted by atomic mass is 32.1. The van der Waals surface area contributed by atoms with E-state index in [2.05, 4.69) is 10.7 Å². The van der Waals surface area contributed by atoms with Crippen LogP contribution in [0.2, 0.25) is 0 Å². The molecule has 1 aliphatic heterocycles. The van der Waals surface area contributed by atoms with Gasteiger partial charge < -0.3 is 4.74 Å². The maximum Gasteiger partial charge on any atom is 0.250 e. The number of ether oxygens (including phenoxy) is 1. The Labute approximate surface area is 127 Å². The van der Waals surface area contributed by atoms with E-state index in [1.54, 1.807) is 18.2 Å². The van der Waals surface area contributed by atoms with E-state index in [0.717, 1.165) is 5.56 Å². The van der Waals surface area contributed by atoms with Gasteiger partial charge in [0.15, 0.2) is 5.11 Å². The van der Waals surface area contributed by atoms with Gasteiger partial charge in [-0.15, -0.1) is 0 Å². The molecule has 1 fully saturated rings. The Kier molecular flexibility index (Phi) is 5.79. The average molecular weight is 309 g/mol. The fourth-order valence-corrected chi connectivity index (χ4v) is 1.98. The molecule has 21 heavy (non-hydrogen) atoms. The zero-order chi connectivity index (χ0) is 15.1. The number of carbonyl (C=O) groups excluding carboxylic acids is 1. The Morgan fingerprint density at radius 3 is 2.62 bits per heavy atom. The fraction of sp³-hybridized carbons (Fsp3) is 0.286. The number of morpholine rings is 1. The van der Waals surface area contributed by atoms with E-state index < -0.39 is 0 Å². The number of amides is 1. The second-order valence-corrected chi connectivity index (χ2v) is 4.82. The number of hydrogen-bond acceptors (Lipinski definition) is 4. The van der Waals surface area contributed by atoms with E-state index >= 15 is 0 Å². The number of carbonyl (C=O) groups is 1. The highest BCUT2D eigenvalue weighted by molar-refractivity contribution is 7.80. The molecule has 1 heterocycles. The summed E-state index contributed by atoms with van der Waals surface area (Å²) in [7, 11) is 0. The third kappa shape index (κ3) is 5.58. The largest absolute Gasteiger partial charge is 0.379 e. The van der Waals surface area contributed by atoms with Gasteiger partial charge in [0.05, 0.1) is 13.2 Å². The Balaban J connectivity index is 1.77. The molecule has 0 aliphatic carbocycles.